The van der Waals surface area contributed by atoms with Gasteiger partial charge >= 0.3 is 0 Å². The highest BCUT2D eigenvalue weighted by atomic mass is 16.2. The smallest absolute Gasteiger partial charge is 0.256 e. The van der Waals surface area contributed by atoms with Crippen molar-refractivity contribution in [1.29, 1.82) is 0 Å². The van der Waals surface area contributed by atoms with Gasteiger partial charge in [-0.25, -0.2) is 0 Å². The lowest BCUT2D eigenvalue weighted by Crippen LogP contribution is -2.44. The molecule has 1 fully saturated rings. The lowest BCUT2D eigenvalue weighted by molar-refractivity contribution is 0.0707. The number of hydrogen-bond donors (Lipinski definition) is 1. The Morgan fingerprint density at radius 2 is 2.05 bits per heavy atom. The molecule has 0 saturated carbocycles. The third-order valence-corrected chi connectivity index (χ3v) is 4.14. The normalized spacial score (nSPS) is 16.3. The standard InChI is InChI=1S/C17H21N3O/c1-2-18-14-8-11-20(12-9-14)17(21)15-7-3-5-13-6-4-10-19-16(13)15/h3-7,10,14,18H,2,8-9,11-12H2,1H3. The number of benzene rings is 1. The van der Waals surface area contributed by atoms with E-state index >= 15 is 0 Å². The summed E-state index contributed by atoms with van der Waals surface area (Å²) in [7, 11) is 0. The van der Waals surface area contributed by atoms with Crippen LogP contribution in [0.1, 0.15) is 30.1 Å². The molecule has 21 heavy (non-hydrogen) atoms. The Balaban J connectivity index is 1.79. The minimum Gasteiger partial charge on any atom is -0.338 e. The molecule has 0 radical (unpaired) electrons. The quantitative estimate of drug-likeness (QED) is 0.941. The second-order valence-electron chi connectivity index (χ2n) is 5.50. The Morgan fingerprint density at radius 1 is 1.29 bits per heavy atom. The molecular formula is C17H21N3O. The fourth-order valence-electron chi connectivity index (χ4n) is 3.02. The van der Waals surface area contributed by atoms with Gasteiger partial charge in [0, 0.05) is 30.7 Å². The van der Waals surface area contributed by atoms with E-state index < -0.39 is 0 Å². The predicted molar refractivity (Wildman–Crippen MR) is 84.3 cm³/mol. The summed E-state index contributed by atoms with van der Waals surface area (Å²) in [4.78, 5) is 19.1. The molecule has 3 rings (SSSR count). The number of fused-ring (bicyclic) bond motifs is 1. The van der Waals surface area contributed by atoms with Crippen molar-refractivity contribution in [2.24, 2.45) is 0 Å². The second-order valence-corrected chi connectivity index (χ2v) is 5.50. The van der Waals surface area contributed by atoms with Gasteiger partial charge in [-0.2, -0.15) is 0 Å². The van der Waals surface area contributed by atoms with E-state index in [-0.39, 0.29) is 5.91 Å². The molecule has 0 aliphatic carbocycles. The first-order valence-electron chi connectivity index (χ1n) is 7.66. The minimum absolute atomic E-state index is 0.106. The van der Waals surface area contributed by atoms with Crippen LogP contribution in [-0.4, -0.2) is 41.5 Å². The first-order chi connectivity index (χ1) is 10.3. The van der Waals surface area contributed by atoms with Crippen molar-refractivity contribution in [2.45, 2.75) is 25.8 Å². The first kappa shape index (κ1) is 14.0. The molecule has 0 unspecified atom stereocenters. The van der Waals surface area contributed by atoms with Crippen molar-refractivity contribution in [2.75, 3.05) is 19.6 Å². The summed E-state index contributed by atoms with van der Waals surface area (Å²) in [6.45, 7) is 4.75. The zero-order valence-electron chi connectivity index (χ0n) is 12.4. The van der Waals surface area contributed by atoms with Crippen LogP contribution >= 0.6 is 0 Å². The summed E-state index contributed by atoms with van der Waals surface area (Å²) < 4.78 is 0. The first-order valence-corrected chi connectivity index (χ1v) is 7.66. The van der Waals surface area contributed by atoms with E-state index in [0.29, 0.717) is 6.04 Å². The van der Waals surface area contributed by atoms with Gasteiger partial charge in [0.25, 0.3) is 5.91 Å². The van der Waals surface area contributed by atoms with Gasteiger partial charge < -0.3 is 10.2 Å². The summed E-state index contributed by atoms with van der Waals surface area (Å²) in [5.41, 5.74) is 1.52. The average Bonchev–Trinajstić information content (AvgIpc) is 2.55. The lowest BCUT2D eigenvalue weighted by Gasteiger charge is -2.32. The van der Waals surface area contributed by atoms with Gasteiger partial charge in [0.15, 0.2) is 0 Å². The van der Waals surface area contributed by atoms with E-state index in [0.717, 1.165) is 48.9 Å². The van der Waals surface area contributed by atoms with Gasteiger partial charge in [0.05, 0.1) is 11.1 Å². The number of likely N-dealkylation sites (tertiary alicyclic amines) is 1. The number of para-hydroxylation sites is 1. The molecule has 0 bridgehead atoms. The number of piperidine rings is 1. The zero-order valence-corrected chi connectivity index (χ0v) is 12.4. The molecule has 1 aliphatic heterocycles. The molecule has 1 amide bonds. The number of rotatable bonds is 3. The van der Waals surface area contributed by atoms with Crippen LogP contribution in [-0.2, 0) is 0 Å². The summed E-state index contributed by atoms with van der Waals surface area (Å²) in [5, 5.41) is 4.48. The van der Waals surface area contributed by atoms with Crippen LogP contribution in [0.25, 0.3) is 10.9 Å². The monoisotopic (exact) mass is 283 g/mol. The van der Waals surface area contributed by atoms with Gasteiger partial charge in [0.2, 0.25) is 0 Å². The van der Waals surface area contributed by atoms with E-state index in [9.17, 15) is 4.79 Å². The van der Waals surface area contributed by atoms with Gasteiger partial charge in [0.1, 0.15) is 0 Å². The highest BCUT2D eigenvalue weighted by molar-refractivity contribution is 6.05. The van der Waals surface area contributed by atoms with E-state index in [1.54, 1.807) is 6.20 Å². The van der Waals surface area contributed by atoms with Crippen molar-refractivity contribution in [3.05, 3.63) is 42.1 Å². The summed E-state index contributed by atoms with van der Waals surface area (Å²) >= 11 is 0. The Labute approximate surface area is 125 Å². The second kappa shape index (κ2) is 6.22. The van der Waals surface area contributed by atoms with Gasteiger partial charge in [-0.05, 0) is 31.5 Å². The number of pyridine rings is 1. The number of carbonyl (C=O) groups excluding carboxylic acids is 1. The fourth-order valence-corrected chi connectivity index (χ4v) is 3.02. The van der Waals surface area contributed by atoms with E-state index in [2.05, 4.69) is 17.2 Å². The van der Waals surface area contributed by atoms with E-state index in [1.807, 2.05) is 35.2 Å². The Bertz CT molecular complexity index is 627. The molecule has 1 aromatic heterocycles. The third-order valence-electron chi connectivity index (χ3n) is 4.14. The molecule has 0 spiro atoms. The molecular weight excluding hydrogens is 262 g/mol. The van der Waals surface area contributed by atoms with Crippen LogP contribution in [0.5, 0.6) is 0 Å². The Morgan fingerprint density at radius 3 is 2.81 bits per heavy atom. The van der Waals surface area contributed by atoms with Crippen molar-refractivity contribution in [1.82, 2.24) is 15.2 Å². The number of aromatic nitrogens is 1. The summed E-state index contributed by atoms with van der Waals surface area (Å²) in [6, 6.07) is 10.3. The lowest BCUT2D eigenvalue weighted by atomic mass is 10.0. The summed E-state index contributed by atoms with van der Waals surface area (Å²) in [5.74, 6) is 0.106. The molecule has 4 heteroatoms. The Hall–Kier alpha value is -1.94. The van der Waals surface area contributed by atoms with Gasteiger partial charge in [-0.15, -0.1) is 0 Å². The highest BCUT2D eigenvalue weighted by Crippen LogP contribution is 2.20. The number of amides is 1. The minimum atomic E-state index is 0.106. The molecule has 1 aromatic carbocycles. The highest BCUT2D eigenvalue weighted by Gasteiger charge is 2.24. The number of hydrogen-bond acceptors (Lipinski definition) is 3. The maximum absolute atomic E-state index is 12.7. The van der Waals surface area contributed by atoms with Crippen LogP contribution in [0.2, 0.25) is 0 Å². The van der Waals surface area contributed by atoms with Crippen molar-refractivity contribution in [3.63, 3.8) is 0 Å². The topological polar surface area (TPSA) is 45.2 Å². The van der Waals surface area contributed by atoms with Crippen molar-refractivity contribution in [3.8, 4) is 0 Å². The molecule has 1 saturated heterocycles. The van der Waals surface area contributed by atoms with E-state index in [4.69, 9.17) is 0 Å². The molecule has 1 aliphatic rings. The van der Waals surface area contributed by atoms with Gasteiger partial charge in [-0.3, -0.25) is 9.78 Å². The SMILES string of the molecule is CCNC1CCN(C(=O)c2cccc3cccnc23)CC1. The van der Waals surface area contributed by atoms with Crippen molar-refractivity contribution >= 4 is 16.8 Å². The summed E-state index contributed by atoms with van der Waals surface area (Å²) in [6.07, 6.45) is 3.80. The van der Waals surface area contributed by atoms with Crippen LogP contribution in [0.4, 0.5) is 0 Å². The number of nitrogens with zero attached hydrogens (tertiary/aromatic N) is 2. The van der Waals surface area contributed by atoms with Gasteiger partial charge in [-0.1, -0.05) is 25.1 Å². The molecule has 4 nitrogen and oxygen atoms in total. The van der Waals surface area contributed by atoms with Crippen LogP contribution in [0.15, 0.2) is 36.5 Å². The van der Waals surface area contributed by atoms with E-state index in [1.165, 1.54) is 0 Å². The largest absolute Gasteiger partial charge is 0.338 e. The van der Waals surface area contributed by atoms with Crippen LogP contribution < -0.4 is 5.32 Å². The molecule has 2 aromatic rings. The molecule has 0 atom stereocenters. The van der Waals surface area contributed by atoms with Crippen molar-refractivity contribution < 1.29 is 4.79 Å². The fraction of sp³-hybridized carbons (Fsp3) is 0.412. The molecule has 110 valence electrons. The molecule has 1 N–H and O–H groups in total. The third kappa shape index (κ3) is 2.90. The number of nitrogens with one attached hydrogen (secondary N) is 1. The van der Waals surface area contributed by atoms with Crippen LogP contribution in [0, 0.1) is 0 Å². The van der Waals surface area contributed by atoms with Crippen LogP contribution in [0.3, 0.4) is 0 Å². The Kier molecular flexibility index (Phi) is 4.15. The maximum atomic E-state index is 12.7. The maximum Gasteiger partial charge on any atom is 0.256 e. The average molecular weight is 283 g/mol. The molecule has 2 heterocycles. The predicted octanol–water partition coefficient (Wildman–Crippen LogP) is 2.45. The number of carbonyl (C=O) groups is 1. The zero-order chi connectivity index (χ0) is 14.7.